The molecule has 0 bridgehead atoms. The summed E-state index contributed by atoms with van der Waals surface area (Å²) in [6.07, 6.45) is 0. The Hall–Kier alpha value is -1.09. The molecule has 6 heteroatoms. The van der Waals surface area contributed by atoms with Crippen LogP contribution >= 0.6 is 0 Å². The third-order valence-electron chi connectivity index (χ3n) is 2.91. The van der Waals surface area contributed by atoms with Gasteiger partial charge in [0.1, 0.15) is 0 Å². The second-order valence-electron chi connectivity index (χ2n) is 7.25. The number of hydrogen-bond acceptors (Lipinski definition) is 4. The van der Waals surface area contributed by atoms with E-state index in [4.69, 9.17) is 8.85 Å². The maximum atomic E-state index is 12.9. The molecule has 0 saturated heterocycles. The highest BCUT2D eigenvalue weighted by molar-refractivity contribution is 6.72. The molecule has 0 spiro atoms. The Labute approximate surface area is 127 Å². The molecule has 2 rings (SSSR count). The number of rotatable bonds is 4. The summed E-state index contributed by atoms with van der Waals surface area (Å²) in [5, 5.41) is 0. The molecular formula is C15H22O4Si2. The van der Waals surface area contributed by atoms with E-state index in [1.807, 2.05) is 39.3 Å². The first-order chi connectivity index (χ1) is 9.46. The summed E-state index contributed by atoms with van der Waals surface area (Å²) in [7, 11) is -4.32. The third kappa shape index (κ3) is 3.08. The van der Waals surface area contributed by atoms with Crippen molar-refractivity contribution in [3.05, 3.63) is 35.4 Å². The molecule has 114 valence electrons. The minimum atomic E-state index is -2.16. The molecule has 1 aliphatic rings. The van der Waals surface area contributed by atoms with Gasteiger partial charge in [0.15, 0.2) is 16.6 Å². The summed E-state index contributed by atoms with van der Waals surface area (Å²) < 4.78 is 12.0. The molecular weight excluding hydrogens is 300 g/mol. The zero-order chi connectivity index (χ0) is 16.1. The van der Waals surface area contributed by atoms with E-state index in [9.17, 15) is 9.59 Å². The summed E-state index contributed by atoms with van der Waals surface area (Å²) in [6, 6.07) is 6.84. The van der Waals surface area contributed by atoms with Crippen molar-refractivity contribution in [1.82, 2.24) is 0 Å². The van der Waals surface area contributed by atoms with Crippen molar-refractivity contribution in [3.8, 4) is 0 Å². The lowest BCUT2D eigenvalue weighted by molar-refractivity contribution is -0.0609. The van der Waals surface area contributed by atoms with Crippen molar-refractivity contribution in [3.63, 3.8) is 0 Å². The van der Waals surface area contributed by atoms with Crippen LogP contribution in [0, 0.1) is 0 Å². The molecule has 0 saturated carbocycles. The molecule has 0 aromatic heterocycles. The number of carbonyl (C=O) groups is 2. The fraction of sp³-hybridized carbons (Fsp3) is 0.467. The van der Waals surface area contributed by atoms with Crippen LogP contribution in [-0.4, -0.2) is 34.0 Å². The fourth-order valence-corrected chi connectivity index (χ4v) is 4.67. The number of carbonyl (C=O) groups excluding carboxylic acids is 2. The van der Waals surface area contributed by atoms with E-state index in [-0.39, 0.29) is 11.6 Å². The average Bonchev–Trinajstić information content (AvgIpc) is 2.49. The standard InChI is InChI=1S/C15H22O4Si2/c1-20(2,3)18-15(19-21(4,5)6)13(16)11-9-7-8-10-12(11)14(15)17/h7-10H,1-6H3. The highest BCUT2D eigenvalue weighted by Gasteiger charge is 2.58. The molecule has 0 aliphatic heterocycles. The summed E-state index contributed by atoms with van der Waals surface area (Å²) in [4.78, 5) is 25.7. The number of benzene rings is 1. The van der Waals surface area contributed by atoms with Crippen LogP contribution in [0.5, 0.6) is 0 Å². The summed E-state index contributed by atoms with van der Waals surface area (Å²) in [5.74, 6) is -2.47. The van der Waals surface area contributed by atoms with E-state index >= 15 is 0 Å². The highest BCUT2D eigenvalue weighted by Crippen LogP contribution is 2.38. The van der Waals surface area contributed by atoms with Gasteiger partial charge in [0.25, 0.3) is 5.79 Å². The first kappa shape index (κ1) is 16.3. The van der Waals surface area contributed by atoms with Crippen LogP contribution in [0.15, 0.2) is 24.3 Å². The van der Waals surface area contributed by atoms with E-state index < -0.39 is 22.4 Å². The second kappa shape index (κ2) is 4.98. The fourth-order valence-electron chi connectivity index (χ4n) is 2.41. The number of ketones is 2. The van der Waals surface area contributed by atoms with Crippen LogP contribution in [-0.2, 0) is 8.85 Å². The third-order valence-corrected chi connectivity index (χ3v) is 4.71. The Morgan fingerprint density at radius 1 is 0.762 bits per heavy atom. The van der Waals surface area contributed by atoms with E-state index in [2.05, 4.69) is 0 Å². The molecule has 0 heterocycles. The van der Waals surface area contributed by atoms with Gasteiger partial charge in [-0.15, -0.1) is 0 Å². The van der Waals surface area contributed by atoms with E-state index in [0.29, 0.717) is 11.1 Å². The van der Waals surface area contributed by atoms with Crippen molar-refractivity contribution < 1.29 is 18.4 Å². The van der Waals surface area contributed by atoms with Crippen LogP contribution in [0.25, 0.3) is 0 Å². The Morgan fingerprint density at radius 3 is 1.38 bits per heavy atom. The van der Waals surface area contributed by atoms with E-state index in [0.717, 1.165) is 0 Å². The Balaban J connectivity index is 2.57. The lowest BCUT2D eigenvalue weighted by Gasteiger charge is -2.37. The van der Waals surface area contributed by atoms with Gasteiger partial charge in [-0.2, -0.15) is 0 Å². The monoisotopic (exact) mass is 322 g/mol. The summed E-state index contributed by atoms with van der Waals surface area (Å²) >= 11 is 0. The predicted molar refractivity (Wildman–Crippen MR) is 86.7 cm³/mol. The molecule has 0 amide bonds. The molecule has 0 radical (unpaired) electrons. The number of Topliss-reactive ketones (excluding diaryl/α,β-unsaturated/α-hetero) is 2. The van der Waals surface area contributed by atoms with Gasteiger partial charge >= 0.3 is 0 Å². The molecule has 1 aliphatic carbocycles. The topological polar surface area (TPSA) is 52.6 Å². The van der Waals surface area contributed by atoms with Crippen LogP contribution in [0.2, 0.25) is 39.3 Å². The minimum absolute atomic E-state index is 0.354. The van der Waals surface area contributed by atoms with Crippen molar-refractivity contribution >= 4 is 28.2 Å². The average molecular weight is 323 g/mol. The molecule has 0 N–H and O–H groups in total. The summed E-state index contributed by atoms with van der Waals surface area (Å²) in [6.45, 7) is 11.7. The van der Waals surface area contributed by atoms with Crippen LogP contribution in [0.4, 0.5) is 0 Å². The molecule has 1 aromatic rings. The van der Waals surface area contributed by atoms with Crippen molar-refractivity contribution in [1.29, 1.82) is 0 Å². The van der Waals surface area contributed by atoms with Crippen molar-refractivity contribution in [2.24, 2.45) is 0 Å². The first-order valence-electron chi connectivity index (χ1n) is 7.05. The van der Waals surface area contributed by atoms with Gasteiger partial charge in [-0.05, 0) is 39.3 Å². The van der Waals surface area contributed by atoms with Gasteiger partial charge in [0, 0.05) is 11.1 Å². The smallest absolute Gasteiger partial charge is 0.281 e. The van der Waals surface area contributed by atoms with Crippen LogP contribution in [0.3, 0.4) is 0 Å². The Kier molecular flexibility index (Phi) is 3.86. The second-order valence-corrected chi connectivity index (χ2v) is 16.1. The zero-order valence-electron chi connectivity index (χ0n) is 13.4. The predicted octanol–water partition coefficient (Wildman–Crippen LogP) is 3.46. The molecule has 21 heavy (non-hydrogen) atoms. The Bertz CT molecular complexity index is 543. The first-order valence-corrected chi connectivity index (χ1v) is 13.9. The molecule has 0 atom stereocenters. The SMILES string of the molecule is C[Si](C)(C)OC1(O[Si](C)(C)C)C(=O)c2ccccc2C1=O. The van der Waals surface area contributed by atoms with Gasteiger partial charge in [-0.3, -0.25) is 9.59 Å². The summed E-state index contributed by atoms with van der Waals surface area (Å²) in [5.41, 5.74) is 0.804. The maximum absolute atomic E-state index is 12.9. The van der Waals surface area contributed by atoms with Gasteiger partial charge in [-0.1, -0.05) is 24.3 Å². The Morgan fingerprint density at radius 2 is 1.10 bits per heavy atom. The van der Waals surface area contributed by atoms with Crippen LogP contribution in [0.1, 0.15) is 20.7 Å². The zero-order valence-corrected chi connectivity index (χ0v) is 15.4. The van der Waals surface area contributed by atoms with Crippen LogP contribution < -0.4 is 0 Å². The maximum Gasteiger partial charge on any atom is 0.281 e. The van der Waals surface area contributed by atoms with Gasteiger partial charge in [0.05, 0.1) is 0 Å². The molecule has 0 unspecified atom stereocenters. The van der Waals surface area contributed by atoms with E-state index in [1.165, 1.54) is 0 Å². The molecule has 0 fully saturated rings. The van der Waals surface area contributed by atoms with Gasteiger partial charge < -0.3 is 8.85 Å². The largest absolute Gasteiger partial charge is 0.379 e. The van der Waals surface area contributed by atoms with Gasteiger partial charge in [0.2, 0.25) is 11.6 Å². The molecule has 1 aromatic carbocycles. The minimum Gasteiger partial charge on any atom is -0.379 e. The van der Waals surface area contributed by atoms with Crippen molar-refractivity contribution in [2.75, 3.05) is 0 Å². The highest BCUT2D eigenvalue weighted by atomic mass is 28.4. The normalized spacial score (nSPS) is 18.0. The number of fused-ring (bicyclic) bond motifs is 1. The van der Waals surface area contributed by atoms with E-state index in [1.54, 1.807) is 24.3 Å². The van der Waals surface area contributed by atoms with Crippen molar-refractivity contribution in [2.45, 2.75) is 45.1 Å². The lowest BCUT2D eigenvalue weighted by Crippen LogP contribution is -2.57. The quantitative estimate of drug-likeness (QED) is 0.484. The van der Waals surface area contributed by atoms with Gasteiger partial charge in [-0.25, -0.2) is 0 Å². The lowest BCUT2D eigenvalue weighted by atomic mass is 10.1. The molecule has 4 nitrogen and oxygen atoms in total. The number of hydrogen-bond donors (Lipinski definition) is 0.